The van der Waals surface area contributed by atoms with Crippen LogP contribution in [-0.2, 0) is 10.8 Å². The summed E-state index contributed by atoms with van der Waals surface area (Å²) in [6.45, 7) is 12.8. The average molecular weight is 232 g/mol. The molecule has 4 nitrogen and oxygen atoms in total. The molecule has 0 aromatic carbocycles. The van der Waals surface area contributed by atoms with E-state index in [-0.39, 0.29) is 10.8 Å². The molecule has 2 rings (SSSR count). The van der Waals surface area contributed by atoms with Gasteiger partial charge in [-0.05, 0) is 0 Å². The highest BCUT2D eigenvalue weighted by Crippen LogP contribution is 2.29. The third-order valence-electron chi connectivity index (χ3n) is 2.69. The summed E-state index contributed by atoms with van der Waals surface area (Å²) in [5.41, 5.74) is 1.82. The van der Waals surface area contributed by atoms with Gasteiger partial charge in [0.2, 0.25) is 0 Å². The standard InChI is InChI=1S/C13H20N4/c1-12(2,3)9-8-7-14-17-10(8)16-11(15-9)13(4,5)6/h7H,1-6H3,(H,14,15,16,17). The fourth-order valence-electron chi connectivity index (χ4n) is 1.74. The van der Waals surface area contributed by atoms with Crippen LogP contribution in [0, 0.1) is 0 Å². The van der Waals surface area contributed by atoms with Crippen molar-refractivity contribution in [3.05, 3.63) is 17.7 Å². The molecule has 1 N–H and O–H groups in total. The zero-order valence-electron chi connectivity index (χ0n) is 11.4. The first-order valence-electron chi connectivity index (χ1n) is 5.91. The van der Waals surface area contributed by atoms with Gasteiger partial charge in [0, 0.05) is 10.8 Å². The second-order valence-corrected chi connectivity index (χ2v) is 6.53. The number of aromatic amines is 1. The maximum Gasteiger partial charge on any atom is 0.159 e. The highest BCUT2D eigenvalue weighted by Gasteiger charge is 2.25. The summed E-state index contributed by atoms with van der Waals surface area (Å²) in [4.78, 5) is 9.30. The Labute approximate surface area is 102 Å². The molecule has 2 aromatic heterocycles. The predicted molar refractivity (Wildman–Crippen MR) is 69.1 cm³/mol. The maximum atomic E-state index is 4.74. The molecule has 0 aliphatic heterocycles. The summed E-state index contributed by atoms with van der Waals surface area (Å²) in [5.74, 6) is 0.860. The third kappa shape index (κ3) is 2.16. The lowest BCUT2D eigenvalue weighted by atomic mass is 9.89. The smallest absolute Gasteiger partial charge is 0.159 e. The van der Waals surface area contributed by atoms with Crippen LogP contribution in [0.1, 0.15) is 53.1 Å². The van der Waals surface area contributed by atoms with Crippen molar-refractivity contribution in [3.8, 4) is 0 Å². The van der Waals surface area contributed by atoms with Crippen LogP contribution in [0.4, 0.5) is 0 Å². The highest BCUT2D eigenvalue weighted by atomic mass is 15.1. The molecule has 0 unspecified atom stereocenters. The lowest BCUT2D eigenvalue weighted by Crippen LogP contribution is -2.21. The summed E-state index contributed by atoms with van der Waals surface area (Å²) < 4.78 is 0. The summed E-state index contributed by atoms with van der Waals surface area (Å²) in [6, 6.07) is 0. The minimum atomic E-state index is -0.0563. The molecule has 0 saturated carbocycles. The maximum absolute atomic E-state index is 4.74. The number of nitrogens with zero attached hydrogens (tertiary/aromatic N) is 3. The molecule has 92 valence electrons. The van der Waals surface area contributed by atoms with E-state index in [1.54, 1.807) is 0 Å². The first-order valence-corrected chi connectivity index (χ1v) is 5.91. The molecule has 4 heteroatoms. The quantitative estimate of drug-likeness (QED) is 0.759. The molecule has 2 heterocycles. The molecule has 0 saturated heterocycles. The lowest BCUT2D eigenvalue weighted by molar-refractivity contribution is 0.520. The van der Waals surface area contributed by atoms with E-state index in [9.17, 15) is 0 Å². The number of hydrogen-bond acceptors (Lipinski definition) is 3. The van der Waals surface area contributed by atoms with E-state index in [4.69, 9.17) is 4.98 Å². The fourth-order valence-corrected chi connectivity index (χ4v) is 1.74. The van der Waals surface area contributed by atoms with E-state index >= 15 is 0 Å². The van der Waals surface area contributed by atoms with E-state index in [2.05, 4.69) is 56.7 Å². The third-order valence-corrected chi connectivity index (χ3v) is 2.69. The first kappa shape index (κ1) is 12.0. The number of fused-ring (bicyclic) bond motifs is 1. The van der Waals surface area contributed by atoms with E-state index < -0.39 is 0 Å². The SMILES string of the molecule is CC(C)(C)c1nc(C(C)(C)C)c2cn[nH]c2n1. The Balaban J connectivity index is 2.76. The van der Waals surface area contributed by atoms with Gasteiger partial charge in [0.1, 0.15) is 5.82 Å². The molecule has 0 aliphatic carbocycles. The zero-order chi connectivity index (χ0) is 12.8. The van der Waals surface area contributed by atoms with Crippen molar-refractivity contribution in [2.24, 2.45) is 0 Å². The summed E-state index contributed by atoms with van der Waals surface area (Å²) in [7, 11) is 0. The molecule has 0 amide bonds. The van der Waals surface area contributed by atoms with Crippen LogP contribution in [0.15, 0.2) is 6.20 Å². The Morgan fingerprint density at radius 3 is 2.12 bits per heavy atom. The van der Waals surface area contributed by atoms with Crippen LogP contribution >= 0.6 is 0 Å². The minimum Gasteiger partial charge on any atom is -0.261 e. The molecule has 0 aliphatic rings. The van der Waals surface area contributed by atoms with E-state index in [1.165, 1.54) is 0 Å². The van der Waals surface area contributed by atoms with Gasteiger partial charge in [-0.2, -0.15) is 5.10 Å². The largest absolute Gasteiger partial charge is 0.261 e. The normalized spacial score (nSPS) is 13.3. The van der Waals surface area contributed by atoms with Gasteiger partial charge < -0.3 is 0 Å². The number of H-pyrrole nitrogens is 1. The summed E-state index contributed by atoms with van der Waals surface area (Å²) in [6.07, 6.45) is 1.81. The Bertz CT molecular complexity index is 541. The van der Waals surface area contributed by atoms with Crippen molar-refractivity contribution in [1.29, 1.82) is 0 Å². The topological polar surface area (TPSA) is 54.5 Å². The zero-order valence-corrected chi connectivity index (χ0v) is 11.4. The lowest BCUT2D eigenvalue weighted by Gasteiger charge is -2.23. The number of hydrogen-bond donors (Lipinski definition) is 1. The highest BCUT2D eigenvalue weighted by molar-refractivity contribution is 5.77. The Morgan fingerprint density at radius 2 is 1.59 bits per heavy atom. The Hall–Kier alpha value is -1.45. The average Bonchev–Trinajstić information content (AvgIpc) is 2.59. The second-order valence-electron chi connectivity index (χ2n) is 6.53. The Morgan fingerprint density at radius 1 is 0.941 bits per heavy atom. The van der Waals surface area contributed by atoms with E-state index in [0.717, 1.165) is 22.6 Å². The Kier molecular flexibility index (Phi) is 2.49. The van der Waals surface area contributed by atoms with Gasteiger partial charge in [-0.3, -0.25) is 5.10 Å². The molecular weight excluding hydrogens is 212 g/mol. The van der Waals surface area contributed by atoms with Crippen molar-refractivity contribution in [2.75, 3.05) is 0 Å². The molecule has 0 bridgehead atoms. The molecule has 0 fully saturated rings. The minimum absolute atomic E-state index is 0.00887. The van der Waals surface area contributed by atoms with Gasteiger partial charge >= 0.3 is 0 Å². The van der Waals surface area contributed by atoms with Gasteiger partial charge in [-0.25, -0.2) is 9.97 Å². The summed E-state index contributed by atoms with van der Waals surface area (Å²) >= 11 is 0. The number of aromatic nitrogens is 4. The van der Waals surface area contributed by atoms with Gasteiger partial charge in [-0.1, -0.05) is 41.5 Å². The predicted octanol–water partition coefficient (Wildman–Crippen LogP) is 2.95. The van der Waals surface area contributed by atoms with Crippen LogP contribution in [0.2, 0.25) is 0 Å². The van der Waals surface area contributed by atoms with Crippen molar-refractivity contribution in [1.82, 2.24) is 20.2 Å². The monoisotopic (exact) mass is 232 g/mol. The van der Waals surface area contributed by atoms with Crippen LogP contribution in [0.5, 0.6) is 0 Å². The molecule has 0 atom stereocenters. The van der Waals surface area contributed by atoms with Crippen LogP contribution in [-0.4, -0.2) is 20.2 Å². The molecular formula is C13H20N4. The first-order chi connectivity index (χ1) is 7.69. The van der Waals surface area contributed by atoms with Gasteiger partial charge in [0.05, 0.1) is 17.3 Å². The molecule has 17 heavy (non-hydrogen) atoms. The van der Waals surface area contributed by atoms with Crippen molar-refractivity contribution in [2.45, 2.75) is 52.4 Å². The van der Waals surface area contributed by atoms with Crippen LogP contribution in [0.3, 0.4) is 0 Å². The fraction of sp³-hybridized carbons (Fsp3) is 0.615. The van der Waals surface area contributed by atoms with E-state index in [1.807, 2.05) is 6.20 Å². The summed E-state index contributed by atoms with van der Waals surface area (Å²) in [5, 5.41) is 8.03. The molecule has 0 spiro atoms. The van der Waals surface area contributed by atoms with Gasteiger partial charge in [0.15, 0.2) is 5.65 Å². The van der Waals surface area contributed by atoms with Crippen molar-refractivity contribution >= 4 is 11.0 Å². The second kappa shape index (κ2) is 3.52. The van der Waals surface area contributed by atoms with Crippen LogP contribution < -0.4 is 0 Å². The van der Waals surface area contributed by atoms with Crippen molar-refractivity contribution < 1.29 is 0 Å². The van der Waals surface area contributed by atoms with E-state index in [0.29, 0.717) is 0 Å². The number of rotatable bonds is 0. The van der Waals surface area contributed by atoms with Crippen LogP contribution in [0.25, 0.3) is 11.0 Å². The molecule has 0 radical (unpaired) electrons. The number of nitrogens with one attached hydrogen (secondary N) is 1. The molecule has 2 aromatic rings. The van der Waals surface area contributed by atoms with Gasteiger partial charge in [0.25, 0.3) is 0 Å². The van der Waals surface area contributed by atoms with Gasteiger partial charge in [-0.15, -0.1) is 0 Å². The van der Waals surface area contributed by atoms with Crippen molar-refractivity contribution in [3.63, 3.8) is 0 Å².